The molecule has 3 amide bonds. The SMILES string of the molecule is N/C=C\N(N)Cc1ccc(C(=O)Nc2ccc(OCC(=O)N3CCOCC3)nc2C(=O)NCC2CCC2)c2ccccc12. The maximum atomic E-state index is 13.6. The summed E-state index contributed by atoms with van der Waals surface area (Å²) in [5.41, 5.74) is 7.05. The molecule has 0 spiro atoms. The Kier molecular flexibility index (Phi) is 9.70. The average molecular weight is 588 g/mol. The maximum absolute atomic E-state index is 13.6. The zero-order valence-electron chi connectivity index (χ0n) is 24.0. The molecule has 12 heteroatoms. The lowest BCUT2D eigenvalue weighted by molar-refractivity contribution is -0.137. The van der Waals surface area contributed by atoms with Crippen LogP contribution in [-0.2, 0) is 16.1 Å². The second kappa shape index (κ2) is 14.0. The van der Waals surface area contributed by atoms with Crippen molar-refractivity contribution in [1.29, 1.82) is 0 Å². The van der Waals surface area contributed by atoms with Crippen LogP contribution in [0, 0.1) is 5.92 Å². The van der Waals surface area contributed by atoms with Gasteiger partial charge in [0.1, 0.15) is 0 Å². The molecule has 1 saturated carbocycles. The summed E-state index contributed by atoms with van der Waals surface area (Å²) in [5.74, 6) is 5.53. The number of benzene rings is 2. The van der Waals surface area contributed by atoms with E-state index in [1.54, 1.807) is 23.2 Å². The Balaban J connectivity index is 1.36. The van der Waals surface area contributed by atoms with Crippen LogP contribution in [0.1, 0.15) is 45.7 Å². The monoisotopic (exact) mass is 587 g/mol. The van der Waals surface area contributed by atoms with Gasteiger partial charge in [-0.1, -0.05) is 36.8 Å². The summed E-state index contributed by atoms with van der Waals surface area (Å²) in [6.07, 6.45) is 6.21. The highest BCUT2D eigenvalue weighted by Gasteiger charge is 2.23. The Labute approximate surface area is 250 Å². The number of nitrogens with one attached hydrogen (secondary N) is 2. The second-order valence-electron chi connectivity index (χ2n) is 10.6. The fourth-order valence-electron chi connectivity index (χ4n) is 5.10. The molecule has 2 heterocycles. The van der Waals surface area contributed by atoms with Crippen molar-refractivity contribution < 1.29 is 23.9 Å². The number of carbonyl (C=O) groups excluding carboxylic acids is 3. The number of aromatic nitrogens is 1. The molecule has 6 N–H and O–H groups in total. The lowest BCUT2D eigenvalue weighted by Crippen LogP contribution is -2.43. The van der Waals surface area contributed by atoms with Crippen LogP contribution < -0.4 is 26.9 Å². The molecule has 12 nitrogen and oxygen atoms in total. The molecular formula is C31H37N7O5. The van der Waals surface area contributed by atoms with E-state index in [4.69, 9.17) is 21.1 Å². The molecule has 2 fully saturated rings. The molecule has 0 unspecified atom stereocenters. The number of ether oxygens (including phenoxy) is 2. The quantitative estimate of drug-likeness (QED) is 0.195. The van der Waals surface area contributed by atoms with Crippen LogP contribution in [-0.4, -0.2) is 72.1 Å². The Morgan fingerprint density at radius 2 is 1.81 bits per heavy atom. The smallest absolute Gasteiger partial charge is 0.272 e. The van der Waals surface area contributed by atoms with Gasteiger partial charge in [-0.15, -0.1) is 0 Å². The van der Waals surface area contributed by atoms with E-state index >= 15 is 0 Å². The minimum Gasteiger partial charge on any atom is -0.468 e. The molecule has 5 rings (SSSR count). The largest absolute Gasteiger partial charge is 0.468 e. The average Bonchev–Trinajstić information content (AvgIpc) is 3.00. The Bertz CT molecular complexity index is 1500. The van der Waals surface area contributed by atoms with Crippen molar-refractivity contribution in [2.24, 2.45) is 17.5 Å². The van der Waals surface area contributed by atoms with Gasteiger partial charge in [0.25, 0.3) is 17.7 Å². The molecule has 1 aliphatic heterocycles. The summed E-state index contributed by atoms with van der Waals surface area (Å²) >= 11 is 0. The molecule has 2 aliphatic rings. The third-order valence-corrected chi connectivity index (χ3v) is 7.71. The van der Waals surface area contributed by atoms with E-state index in [1.165, 1.54) is 17.3 Å². The predicted octanol–water partition coefficient (Wildman–Crippen LogP) is 2.36. The van der Waals surface area contributed by atoms with Crippen molar-refractivity contribution in [2.75, 3.05) is 44.8 Å². The third-order valence-electron chi connectivity index (χ3n) is 7.71. The number of hydrogen-bond acceptors (Lipinski definition) is 9. The van der Waals surface area contributed by atoms with E-state index in [0.717, 1.165) is 35.6 Å². The van der Waals surface area contributed by atoms with Crippen molar-refractivity contribution >= 4 is 34.2 Å². The third kappa shape index (κ3) is 7.40. The number of hydrogen-bond donors (Lipinski definition) is 4. The van der Waals surface area contributed by atoms with Gasteiger partial charge in [0.05, 0.1) is 25.4 Å². The van der Waals surface area contributed by atoms with Crippen LogP contribution in [0.3, 0.4) is 0 Å². The Morgan fingerprint density at radius 3 is 2.53 bits per heavy atom. The van der Waals surface area contributed by atoms with Crippen molar-refractivity contribution in [2.45, 2.75) is 25.8 Å². The Hall–Kier alpha value is -4.68. The summed E-state index contributed by atoms with van der Waals surface area (Å²) in [6, 6.07) is 14.2. The van der Waals surface area contributed by atoms with Crippen molar-refractivity contribution in [3.05, 3.63) is 77.8 Å². The first kappa shape index (κ1) is 29.8. The zero-order chi connectivity index (χ0) is 30.2. The number of fused-ring (bicyclic) bond motifs is 1. The lowest BCUT2D eigenvalue weighted by Gasteiger charge is -2.26. The summed E-state index contributed by atoms with van der Waals surface area (Å²) < 4.78 is 11.0. The molecule has 43 heavy (non-hydrogen) atoms. The van der Waals surface area contributed by atoms with Gasteiger partial charge < -0.3 is 35.7 Å². The standard InChI is InChI=1S/C31H37N7O5/c32-12-13-38(33)19-22-8-9-25(24-7-2-1-6-23(22)24)30(40)35-26-10-11-27(43-20-28(39)37-14-16-42-17-15-37)36-29(26)31(41)34-18-21-4-3-5-21/h1-2,6-13,21H,3-5,14-20,32-33H2,(H,34,41)(H,35,40)/b13-12-. The van der Waals surface area contributed by atoms with Gasteiger partial charge in [-0.25, -0.2) is 10.8 Å². The number of pyridine rings is 1. The van der Waals surface area contributed by atoms with Gasteiger partial charge in [-0.3, -0.25) is 14.4 Å². The molecule has 1 saturated heterocycles. The van der Waals surface area contributed by atoms with E-state index < -0.39 is 11.8 Å². The minimum atomic E-state index is -0.427. The topological polar surface area (TPSA) is 165 Å². The van der Waals surface area contributed by atoms with Gasteiger partial charge in [-0.2, -0.15) is 0 Å². The van der Waals surface area contributed by atoms with Gasteiger partial charge in [0.2, 0.25) is 5.88 Å². The van der Waals surface area contributed by atoms with Crippen LogP contribution in [0.25, 0.3) is 10.8 Å². The molecule has 0 radical (unpaired) electrons. The molecule has 0 bridgehead atoms. The molecule has 1 aliphatic carbocycles. The first-order valence-electron chi connectivity index (χ1n) is 14.4. The maximum Gasteiger partial charge on any atom is 0.272 e. The van der Waals surface area contributed by atoms with Crippen LogP contribution >= 0.6 is 0 Å². The summed E-state index contributed by atoms with van der Waals surface area (Å²) in [4.78, 5) is 45.5. The number of hydrazine groups is 1. The van der Waals surface area contributed by atoms with Crippen LogP contribution in [0.15, 0.2) is 60.9 Å². The van der Waals surface area contributed by atoms with Crippen molar-refractivity contribution in [1.82, 2.24) is 20.2 Å². The molecule has 0 atom stereocenters. The number of morpholine rings is 1. The summed E-state index contributed by atoms with van der Waals surface area (Å²) in [5, 5.41) is 8.86. The van der Waals surface area contributed by atoms with Crippen LogP contribution in [0.5, 0.6) is 5.88 Å². The lowest BCUT2D eigenvalue weighted by atomic mass is 9.85. The first-order valence-corrected chi connectivity index (χ1v) is 14.4. The van der Waals surface area contributed by atoms with Crippen LogP contribution in [0.4, 0.5) is 5.69 Å². The number of nitrogens with two attached hydrogens (primary N) is 2. The second-order valence-corrected chi connectivity index (χ2v) is 10.6. The van der Waals surface area contributed by atoms with Crippen LogP contribution in [0.2, 0.25) is 0 Å². The van der Waals surface area contributed by atoms with Gasteiger partial charge in [-0.05, 0) is 47.2 Å². The normalized spacial score (nSPS) is 15.2. The van der Waals surface area contributed by atoms with E-state index in [-0.39, 0.29) is 29.8 Å². The fourth-order valence-corrected chi connectivity index (χ4v) is 5.10. The highest BCUT2D eigenvalue weighted by Crippen LogP contribution is 2.27. The molecule has 2 aromatic carbocycles. The fraction of sp³-hybridized carbons (Fsp3) is 0.355. The minimum absolute atomic E-state index is 0.0114. The number of carbonyl (C=O) groups is 3. The van der Waals surface area contributed by atoms with E-state index in [1.807, 2.05) is 30.3 Å². The molecule has 3 aromatic rings. The van der Waals surface area contributed by atoms with Crippen molar-refractivity contribution in [3.8, 4) is 5.88 Å². The van der Waals surface area contributed by atoms with E-state index in [9.17, 15) is 14.4 Å². The summed E-state index contributed by atoms with van der Waals surface area (Å²) in [6.45, 7) is 2.67. The number of nitrogens with zero attached hydrogens (tertiary/aromatic N) is 3. The van der Waals surface area contributed by atoms with E-state index in [2.05, 4.69) is 15.6 Å². The Morgan fingerprint density at radius 1 is 1.05 bits per heavy atom. The molecular weight excluding hydrogens is 550 g/mol. The molecule has 226 valence electrons. The number of rotatable bonds is 11. The van der Waals surface area contributed by atoms with Gasteiger partial charge >= 0.3 is 0 Å². The van der Waals surface area contributed by atoms with E-state index in [0.29, 0.717) is 50.9 Å². The number of amides is 3. The predicted molar refractivity (Wildman–Crippen MR) is 162 cm³/mol. The molecule has 1 aromatic heterocycles. The highest BCUT2D eigenvalue weighted by molar-refractivity contribution is 6.15. The first-order chi connectivity index (χ1) is 20.9. The van der Waals surface area contributed by atoms with Gasteiger partial charge in [0.15, 0.2) is 12.3 Å². The zero-order valence-corrected chi connectivity index (χ0v) is 24.0. The highest BCUT2D eigenvalue weighted by atomic mass is 16.5. The number of anilines is 1. The summed E-state index contributed by atoms with van der Waals surface area (Å²) in [7, 11) is 0. The van der Waals surface area contributed by atoms with Crippen molar-refractivity contribution in [3.63, 3.8) is 0 Å². The van der Waals surface area contributed by atoms with Gasteiger partial charge in [0, 0.05) is 43.7 Å².